The number of rotatable bonds is 2. The second-order valence-corrected chi connectivity index (χ2v) is 4.56. The van der Waals surface area contributed by atoms with Crippen LogP contribution in [0.2, 0.25) is 0 Å². The highest BCUT2D eigenvalue weighted by molar-refractivity contribution is 5.86. The van der Waals surface area contributed by atoms with Gasteiger partial charge in [0.15, 0.2) is 0 Å². The molecule has 2 atom stereocenters. The fourth-order valence-corrected chi connectivity index (χ4v) is 2.59. The van der Waals surface area contributed by atoms with Crippen LogP contribution in [0, 0.1) is 17.8 Å². The first-order chi connectivity index (χ1) is 6.16. The molecular weight excluding hydrogens is 164 g/mol. The summed E-state index contributed by atoms with van der Waals surface area (Å²) in [4.78, 5) is 11.6. The van der Waals surface area contributed by atoms with E-state index in [1.165, 1.54) is 19.3 Å². The lowest BCUT2D eigenvalue weighted by Gasteiger charge is -2.20. The molecule has 2 rings (SSSR count). The highest BCUT2D eigenvalue weighted by Crippen LogP contribution is 2.49. The first-order valence-corrected chi connectivity index (χ1v) is 5.23. The molecule has 2 aliphatic rings. The van der Waals surface area contributed by atoms with Gasteiger partial charge >= 0.3 is 5.97 Å². The van der Waals surface area contributed by atoms with Crippen molar-refractivity contribution in [2.75, 3.05) is 0 Å². The van der Waals surface area contributed by atoms with Crippen molar-refractivity contribution in [3.05, 3.63) is 5.92 Å². The molecule has 0 N–H and O–H groups in total. The number of fused-ring (bicyclic) bond motifs is 2. The molecule has 0 aliphatic heterocycles. The first-order valence-electron chi connectivity index (χ1n) is 5.23. The lowest BCUT2D eigenvalue weighted by atomic mass is 9.89. The van der Waals surface area contributed by atoms with E-state index in [1.807, 2.05) is 13.8 Å². The Morgan fingerprint density at radius 2 is 2.23 bits per heavy atom. The Bertz CT molecular complexity index is 210. The monoisotopic (exact) mass is 181 g/mol. The zero-order valence-corrected chi connectivity index (χ0v) is 8.38. The molecule has 0 aromatic rings. The van der Waals surface area contributed by atoms with Crippen LogP contribution in [0.1, 0.15) is 39.5 Å². The van der Waals surface area contributed by atoms with E-state index < -0.39 is 0 Å². The second kappa shape index (κ2) is 3.32. The largest absolute Gasteiger partial charge is 0.463 e. The fraction of sp³-hybridized carbons (Fsp3) is 0.818. The number of ether oxygens (including phenoxy) is 1. The maximum Gasteiger partial charge on any atom is 0.313 e. The quantitative estimate of drug-likeness (QED) is 0.611. The molecule has 2 nitrogen and oxygen atoms in total. The highest BCUT2D eigenvalue weighted by atomic mass is 16.5. The van der Waals surface area contributed by atoms with Crippen LogP contribution in [0.25, 0.3) is 0 Å². The Labute approximate surface area is 79.7 Å². The summed E-state index contributed by atoms with van der Waals surface area (Å²) in [5, 5.41) is 0. The number of hydrogen-bond acceptors (Lipinski definition) is 2. The third-order valence-corrected chi connectivity index (χ3v) is 3.15. The maximum atomic E-state index is 11.6. The van der Waals surface area contributed by atoms with Crippen LogP contribution < -0.4 is 0 Å². The molecule has 2 fully saturated rings. The van der Waals surface area contributed by atoms with E-state index in [2.05, 4.69) is 0 Å². The van der Waals surface area contributed by atoms with Gasteiger partial charge in [0.1, 0.15) is 0 Å². The summed E-state index contributed by atoms with van der Waals surface area (Å²) in [6.07, 6.45) is 4.81. The van der Waals surface area contributed by atoms with Gasteiger partial charge in [-0.1, -0.05) is 6.42 Å². The Morgan fingerprint density at radius 3 is 2.69 bits per heavy atom. The number of carbonyl (C=O) groups is 1. The van der Waals surface area contributed by atoms with Crippen molar-refractivity contribution in [3.63, 3.8) is 0 Å². The first kappa shape index (κ1) is 9.04. The molecule has 0 aromatic carbocycles. The average molecular weight is 181 g/mol. The van der Waals surface area contributed by atoms with E-state index in [0.29, 0.717) is 5.92 Å². The van der Waals surface area contributed by atoms with Gasteiger partial charge < -0.3 is 4.74 Å². The van der Waals surface area contributed by atoms with Crippen LogP contribution in [0.15, 0.2) is 0 Å². The standard InChI is InChI=1S/C11H17O2/c1-7(2)13-11(12)10-6-8-3-4-9(10)5-8/h7-9H,3-6H2,1-2H3. The van der Waals surface area contributed by atoms with Gasteiger partial charge in [-0.3, -0.25) is 4.79 Å². The summed E-state index contributed by atoms with van der Waals surface area (Å²) in [5.74, 6) is 2.41. The zero-order valence-electron chi connectivity index (χ0n) is 8.38. The van der Waals surface area contributed by atoms with Crippen LogP contribution in [0.5, 0.6) is 0 Å². The minimum Gasteiger partial charge on any atom is -0.463 e. The van der Waals surface area contributed by atoms with Crippen molar-refractivity contribution >= 4 is 5.97 Å². The normalized spacial score (nSPS) is 32.8. The van der Waals surface area contributed by atoms with Crippen LogP contribution in [0.3, 0.4) is 0 Å². The molecule has 13 heavy (non-hydrogen) atoms. The molecule has 0 aromatic heterocycles. The molecular formula is C11H17O2. The third-order valence-electron chi connectivity index (χ3n) is 3.15. The predicted molar refractivity (Wildman–Crippen MR) is 49.9 cm³/mol. The molecule has 1 radical (unpaired) electrons. The lowest BCUT2D eigenvalue weighted by Crippen LogP contribution is -2.23. The molecule has 2 heteroatoms. The fourth-order valence-electron chi connectivity index (χ4n) is 2.59. The molecule has 2 aliphatic carbocycles. The van der Waals surface area contributed by atoms with E-state index in [1.54, 1.807) is 0 Å². The van der Waals surface area contributed by atoms with Crippen LogP contribution in [-0.2, 0) is 9.53 Å². The smallest absolute Gasteiger partial charge is 0.313 e. The van der Waals surface area contributed by atoms with E-state index in [4.69, 9.17) is 4.74 Å². The van der Waals surface area contributed by atoms with Crippen molar-refractivity contribution in [2.24, 2.45) is 11.8 Å². The van der Waals surface area contributed by atoms with Crippen molar-refractivity contribution in [1.82, 2.24) is 0 Å². The number of carbonyl (C=O) groups excluding carboxylic acids is 1. The Balaban J connectivity index is 1.91. The summed E-state index contributed by atoms with van der Waals surface area (Å²) < 4.78 is 5.21. The summed E-state index contributed by atoms with van der Waals surface area (Å²) >= 11 is 0. The molecule has 73 valence electrons. The van der Waals surface area contributed by atoms with Gasteiger partial charge in [-0.2, -0.15) is 0 Å². The van der Waals surface area contributed by atoms with Gasteiger partial charge in [0.25, 0.3) is 0 Å². The number of hydrogen-bond donors (Lipinski definition) is 0. The van der Waals surface area contributed by atoms with Gasteiger partial charge in [-0.05, 0) is 44.9 Å². The molecule has 2 saturated carbocycles. The summed E-state index contributed by atoms with van der Waals surface area (Å²) in [6, 6.07) is 0. The van der Waals surface area contributed by atoms with E-state index in [-0.39, 0.29) is 12.1 Å². The Morgan fingerprint density at radius 1 is 1.46 bits per heavy atom. The van der Waals surface area contributed by atoms with Gasteiger partial charge in [0, 0.05) is 0 Å². The summed E-state index contributed by atoms with van der Waals surface area (Å²) in [6.45, 7) is 3.82. The topological polar surface area (TPSA) is 26.3 Å². The molecule has 2 unspecified atom stereocenters. The van der Waals surface area contributed by atoms with Crippen LogP contribution in [-0.4, -0.2) is 12.1 Å². The van der Waals surface area contributed by atoms with E-state index >= 15 is 0 Å². The summed E-state index contributed by atoms with van der Waals surface area (Å²) in [5.41, 5.74) is 0. The minimum absolute atomic E-state index is 0.0257. The lowest BCUT2D eigenvalue weighted by molar-refractivity contribution is -0.146. The van der Waals surface area contributed by atoms with Crippen molar-refractivity contribution in [1.29, 1.82) is 0 Å². The van der Waals surface area contributed by atoms with Crippen molar-refractivity contribution < 1.29 is 9.53 Å². The third kappa shape index (κ3) is 1.72. The van der Waals surface area contributed by atoms with Gasteiger partial charge in [0.05, 0.1) is 12.0 Å². The van der Waals surface area contributed by atoms with Gasteiger partial charge in [-0.25, -0.2) is 0 Å². The Hall–Kier alpha value is -0.530. The minimum atomic E-state index is -0.0257. The van der Waals surface area contributed by atoms with Gasteiger partial charge in [0.2, 0.25) is 0 Å². The SMILES string of the molecule is CC(C)OC(=O)[C]1CC2CCC1C2. The van der Waals surface area contributed by atoms with Crippen molar-refractivity contribution in [3.8, 4) is 0 Å². The van der Waals surface area contributed by atoms with Gasteiger partial charge in [-0.15, -0.1) is 0 Å². The maximum absolute atomic E-state index is 11.6. The molecule has 0 heterocycles. The van der Waals surface area contributed by atoms with Crippen molar-refractivity contribution in [2.45, 2.75) is 45.6 Å². The Kier molecular flexibility index (Phi) is 2.31. The van der Waals surface area contributed by atoms with Crippen LogP contribution >= 0.6 is 0 Å². The molecule has 2 bridgehead atoms. The predicted octanol–water partition coefficient (Wildman–Crippen LogP) is 2.33. The molecule has 0 saturated heterocycles. The molecule has 0 spiro atoms. The highest BCUT2D eigenvalue weighted by Gasteiger charge is 2.44. The summed E-state index contributed by atoms with van der Waals surface area (Å²) in [7, 11) is 0. The average Bonchev–Trinajstić information content (AvgIpc) is 2.62. The van der Waals surface area contributed by atoms with E-state index in [0.717, 1.165) is 18.3 Å². The zero-order chi connectivity index (χ0) is 9.42. The van der Waals surface area contributed by atoms with E-state index in [9.17, 15) is 4.79 Å². The number of esters is 1. The van der Waals surface area contributed by atoms with Crippen LogP contribution in [0.4, 0.5) is 0 Å². The molecule has 0 amide bonds. The second-order valence-electron chi connectivity index (χ2n) is 4.56.